The first kappa shape index (κ1) is 15.1. The molecule has 102 valence electrons. The van der Waals surface area contributed by atoms with Gasteiger partial charge in [0.1, 0.15) is 0 Å². The zero-order valence-corrected chi connectivity index (χ0v) is 11.5. The highest BCUT2D eigenvalue weighted by Gasteiger charge is 2.16. The van der Waals surface area contributed by atoms with Crippen molar-refractivity contribution in [1.29, 1.82) is 0 Å². The predicted octanol–water partition coefficient (Wildman–Crippen LogP) is 3.92. The third-order valence-electron chi connectivity index (χ3n) is 3.43. The molecule has 1 aromatic rings. The molecule has 0 amide bonds. The first-order valence-electron chi connectivity index (χ1n) is 6.75. The second-order valence-electron chi connectivity index (χ2n) is 4.90. The van der Waals surface area contributed by atoms with E-state index < -0.39 is 11.6 Å². The van der Waals surface area contributed by atoms with Gasteiger partial charge in [-0.3, -0.25) is 0 Å². The van der Waals surface area contributed by atoms with Crippen molar-refractivity contribution in [3.63, 3.8) is 0 Å². The molecular weight excluding hydrogens is 232 g/mol. The average molecular weight is 255 g/mol. The summed E-state index contributed by atoms with van der Waals surface area (Å²) in [5.41, 5.74) is 0.850. The molecule has 3 heteroatoms. The topological polar surface area (TPSA) is 12.0 Å². The SMILES string of the molecule is CCCNC(Cc1ccc(F)c(F)c1)C(C)CC. The predicted molar refractivity (Wildman–Crippen MR) is 71.6 cm³/mol. The van der Waals surface area contributed by atoms with Gasteiger partial charge < -0.3 is 5.32 Å². The molecule has 1 aromatic carbocycles. The molecule has 1 N–H and O–H groups in total. The molecule has 0 radical (unpaired) electrons. The van der Waals surface area contributed by atoms with E-state index in [1.807, 2.05) is 0 Å². The minimum Gasteiger partial charge on any atom is -0.313 e. The van der Waals surface area contributed by atoms with Crippen LogP contribution in [0.4, 0.5) is 8.78 Å². The molecule has 0 saturated heterocycles. The molecule has 1 rings (SSSR count). The summed E-state index contributed by atoms with van der Waals surface area (Å²) >= 11 is 0. The van der Waals surface area contributed by atoms with Gasteiger partial charge in [0.15, 0.2) is 11.6 Å². The van der Waals surface area contributed by atoms with Gasteiger partial charge in [-0.25, -0.2) is 8.78 Å². The molecule has 0 spiro atoms. The Labute approximate surface area is 109 Å². The molecule has 0 aliphatic rings. The fraction of sp³-hybridized carbons (Fsp3) is 0.600. The van der Waals surface area contributed by atoms with Gasteiger partial charge in [0.05, 0.1) is 0 Å². The van der Waals surface area contributed by atoms with Crippen molar-refractivity contribution in [3.05, 3.63) is 35.4 Å². The Morgan fingerprint density at radius 2 is 1.89 bits per heavy atom. The summed E-state index contributed by atoms with van der Waals surface area (Å²) in [4.78, 5) is 0. The lowest BCUT2D eigenvalue weighted by Gasteiger charge is -2.24. The summed E-state index contributed by atoms with van der Waals surface area (Å²) in [6.45, 7) is 7.42. The molecule has 0 saturated carbocycles. The molecule has 0 aliphatic heterocycles. The lowest BCUT2D eigenvalue weighted by molar-refractivity contribution is 0.364. The van der Waals surface area contributed by atoms with Crippen LogP contribution in [0.2, 0.25) is 0 Å². The van der Waals surface area contributed by atoms with Crippen LogP contribution in [0, 0.1) is 17.6 Å². The highest BCUT2D eigenvalue weighted by atomic mass is 19.2. The van der Waals surface area contributed by atoms with Gasteiger partial charge in [-0.05, 0) is 43.0 Å². The fourth-order valence-corrected chi connectivity index (χ4v) is 2.01. The van der Waals surface area contributed by atoms with E-state index in [9.17, 15) is 8.78 Å². The molecule has 2 unspecified atom stereocenters. The van der Waals surface area contributed by atoms with Crippen LogP contribution in [0.15, 0.2) is 18.2 Å². The van der Waals surface area contributed by atoms with E-state index in [2.05, 4.69) is 26.1 Å². The van der Waals surface area contributed by atoms with Crippen molar-refractivity contribution in [2.45, 2.75) is 46.1 Å². The van der Waals surface area contributed by atoms with Gasteiger partial charge in [-0.1, -0.05) is 33.3 Å². The van der Waals surface area contributed by atoms with Crippen LogP contribution in [0.5, 0.6) is 0 Å². The third kappa shape index (κ3) is 4.37. The van der Waals surface area contributed by atoms with Crippen molar-refractivity contribution in [2.24, 2.45) is 5.92 Å². The summed E-state index contributed by atoms with van der Waals surface area (Å²) in [5.74, 6) is -1.02. The first-order valence-corrected chi connectivity index (χ1v) is 6.75. The van der Waals surface area contributed by atoms with Crippen molar-refractivity contribution in [3.8, 4) is 0 Å². The van der Waals surface area contributed by atoms with Gasteiger partial charge >= 0.3 is 0 Å². The Hall–Kier alpha value is -0.960. The van der Waals surface area contributed by atoms with E-state index in [1.54, 1.807) is 6.07 Å². The van der Waals surface area contributed by atoms with E-state index in [0.29, 0.717) is 12.0 Å². The van der Waals surface area contributed by atoms with E-state index in [-0.39, 0.29) is 0 Å². The molecule has 0 fully saturated rings. The second-order valence-corrected chi connectivity index (χ2v) is 4.90. The lowest BCUT2D eigenvalue weighted by atomic mass is 9.93. The number of halogens is 2. The molecule has 0 heterocycles. The number of hydrogen-bond acceptors (Lipinski definition) is 1. The maximum absolute atomic E-state index is 13.2. The standard InChI is InChI=1S/C15H23F2N/c1-4-8-18-15(11(3)5-2)10-12-6-7-13(16)14(17)9-12/h6-7,9,11,15,18H,4-5,8,10H2,1-3H3. The van der Waals surface area contributed by atoms with E-state index in [1.165, 1.54) is 12.1 Å². The van der Waals surface area contributed by atoms with E-state index in [4.69, 9.17) is 0 Å². The van der Waals surface area contributed by atoms with Crippen LogP contribution in [-0.2, 0) is 6.42 Å². The van der Waals surface area contributed by atoms with E-state index >= 15 is 0 Å². The zero-order valence-electron chi connectivity index (χ0n) is 11.5. The highest BCUT2D eigenvalue weighted by Crippen LogP contribution is 2.16. The van der Waals surface area contributed by atoms with Gasteiger partial charge in [0.25, 0.3) is 0 Å². The Kier molecular flexibility index (Phi) is 6.27. The summed E-state index contributed by atoms with van der Waals surface area (Å²) in [7, 11) is 0. The van der Waals surface area contributed by atoms with Gasteiger partial charge in [-0.15, -0.1) is 0 Å². The second kappa shape index (κ2) is 7.47. The Morgan fingerprint density at radius 1 is 1.17 bits per heavy atom. The first-order chi connectivity index (χ1) is 8.58. The van der Waals surface area contributed by atoms with Crippen molar-refractivity contribution in [1.82, 2.24) is 5.32 Å². The minimum atomic E-state index is -0.777. The highest BCUT2D eigenvalue weighted by molar-refractivity contribution is 5.19. The quantitative estimate of drug-likeness (QED) is 0.778. The fourth-order valence-electron chi connectivity index (χ4n) is 2.01. The average Bonchev–Trinajstić information content (AvgIpc) is 2.37. The molecule has 1 nitrogen and oxygen atoms in total. The maximum atomic E-state index is 13.2. The zero-order chi connectivity index (χ0) is 13.5. The molecular formula is C15H23F2N. The van der Waals surface area contributed by atoms with Crippen LogP contribution < -0.4 is 5.32 Å². The Bertz CT molecular complexity index is 366. The van der Waals surface area contributed by atoms with Crippen LogP contribution in [0.1, 0.15) is 39.2 Å². The Balaban J connectivity index is 2.71. The van der Waals surface area contributed by atoms with Crippen molar-refractivity contribution in [2.75, 3.05) is 6.54 Å². The normalized spacial score (nSPS) is 14.5. The summed E-state index contributed by atoms with van der Waals surface area (Å²) in [6.07, 6.45) is 2.89. The van der Waals surface area contributed by atoms with Crippen LogP contribution in [0.3, 0.4) is 0 Å². The Morgan fingerprint density at radius 3 is 2.44 bits per heavy atom. The number of nitrogens with one attached hydrogen (secondary N) is 1. The lowest BCUT2D eigenvalue weighted by Crippen LogP contribution is -2.37. The molecule has 0 bridgehead atoms. The van der Waals surface area contributed by atoms with Gasteiger partial charge in [-0.2, -0.15) is 0 Å². The molecule has 0 aromatic heterocycles. The largest absolute Gasteiger partial charge is 0.313 e. The van der Waals surface area contributed by atoms with Crippen LogP contribution in [0.25, 0.3) is 0 Å². The van der Waals surface area contributed by atoms with E-state index in [0.717, 1.165) is 31.4 Å². The van der Waals surface area contributed by atoms with Gasteiger partial charge in [0.2, 0.25) is 0 Å². The summed E-state index contributed by atoms with van der Waals surface area (Å²) in [6, 6.07) is 4.50. The number of rotatable bonds is 7. The number of hydrogen-bond donors (Lipinski definition) is 1. The smallest absolute Gasteiger partial charge is 0.159 e. The molecule has 2 atom stereocenters. The van der Waals surface area contributed by atoms with Gasteiger partial charge in [0, 0.05) is 6.04 Å². The summed E-state index contributed by atoms with van der Waals surface area (Å²) < 4.78 is 26.0. The summed E-state index contributed by atoms with van der Waals surface area (Å²) in [5, 5.41) is 3.49. The third-order valence-corrected chi connectivity index (χ3v) is 3.43. The van der Waals surface area contributed by atoms with Crippen molar-refractivity contribution < 1.29 is 8.78 Å². The maximum Gasteiger partial charge on any atom is 0.159 e. The van der Waals surface area contributed by atoms with Crippen LogP contribution >= 0.6 is 0 Å². The number of benzene rings is 1. The molecule has 18 heavy (non-hydrogen) atoms. The minimum absolute atomic E-state index is 0.319. The monoisotopic (exact) mass is 255 g/mol. The van der Waals surface area contributed by atoms with Crippen molar-refractivity contribution >= 4 is 0 Å². The van der Waals surface area contributed by atoms with Crippen LogP contribution in [-0.4, -0.2) is 12.6 Å². The molecule has 0 aliphatic carbocycles.